The number of rotatable bonds is 2. The molecular weight excluding hydrogens is 280 g/mol. The van der Waals surface area contributed by atoms with Gasteiger partial charge in [0.15, 0.2) is 5.17 Å². The normalized spacial score (nSPS) is 16.3. The van der Waals surface area contributed by atoms with Crippen LogP contribution in [0, 0.1) is 13.8 Å². The summed E-state index contributed by atoms with van der Waals surface area (Å²) in [6.45, 7) is 9.41. The van der Waals surface area contributed by atoms with Gasteiger partial charge in [-0.3, -0.25) is 0 Å². The molecule has 0 saturated heterocycles. The minimum absolute atomic E-state index is 0.276. The predicted molar refractivity (Wildman–Crippen MR) is 81.4 cm³/mol. The van der Waals surface area contributed by atoms with Gasteiger partial charge in [-0.2, -0.15) is 8.42 Å². The molecule has 0 spiro atoms. The van der Waals surface area contributed by atoms with Crippen LogP contribution in [0.1, 0.15) is 18.1 Å². The van der Waals surface area contributed by atoms with Gasteiger partial charge in [-0.05, 0) is 38.0 Å². The molecule has 0 bridgehead atoms. The monoisotopic (exact) mass is 296 g/mol. The van der Waals surface area contributed by atoms with Gasteiger partial charge >= 0.3 is 0 Å². The molecule has 0 aliphatic carbocycles. The van der Waals surface area contributed by atoms with E-state index < -0.39 is 10.0 Å². The van der Waals surface area contributed by atoms with Crippen molar-refractivity contribution in [1.82, 2.24) is 0 Å². The van der Waals surface area contributed by atoms with Crippen molar-refractivity contribution < 1.29 is 8.42 Å². The highest BCUT2D eigenvalue weighted by molar-refractivity contribution is 8.15. The number of nitrogens with zero attached hydrogens (tertiary/aromatic N) is 1. The molecule has 0 saturated carbocycles. The third-order valence-electron chi connectivity index (χ3n) is 2.58. The van der Waals surface area contributed by atoms with E-state index in [1.165, 1.54) is 11.8 Å². The van der Waals surface area contributed by atoms with Gasteiger partial charge in [-0.15, -0.1) is 4.40 Å². The number of thioether (sulfide) groups is 1. The summed E-state index contributed by atoms with van der Waals surface area (Å²) in [5.41, 5.74) is 3.31. The van der Waals surface area contributed by atoms with E-state index >= 15 is 0 Å². The summed E-state index contributed by atoms with van der Waals surface area (Å²) < 4.78 is 28.2. The number of hydrogen-bond donors (Lipinski definition) is 1. The number of fused-ring (bicyclic) bond motifs is 1. The van der Waals surface area contributed by atoms with Crippen LogP contribution in [-0.4, -0.2) is 19.3 Å². The lowest BCUT2D eigenvalue weighted by Crippen LogP contribution is -2.20. The lowest BCUT2D eigenvalue weighted by atomic mass is 10.1. The maximum absolute atomic E-state index is 12.2. The first kappa shape index (κ1) is 14.1. The average molecular weight is 296 g/mol. The van der Waals surface area contributed by atoms with Crippen LogP contribution in [0.4, 0.5) is 5.69 Å². The second-order valence-electron chi connectivity index (χ2n) is 4.70. The molecule has 1 aromatic rings. The Labute approximate surface area is 118 Å². The Morgan fingerprint density at radius 3 is 2.74 bits per heavy atom. The van der Waals surface area contributed by atoms with E-state index in [0.29, 0.717) is 16.6 Å². The van der Waals surface area contributed by atoms with E-state index in [4.69, 9.17) is 0 Å². The molecule has 0 atom stereocenters. The molecule has 0 aromatic heterocycles. The zero-order valence-electron chi connectivity index (χ0n) is 11.1. The van der Waals surface area contributed by atoms with Crippen LogP contribution in [0.25, 0.3) is 0 Å². The maximum atomic E-state index is 12.2. The molecule has 0 fully saturated rings. The zero-order valence-corrected chi connectivity index (χ0v) is 12.8. The van der Waals surface area contributed by atoms with E-state index in [-0.39, 0.29) is 4.90 Å². The van der Waals surface area contributed by atoms with Gasteiger partial charge in [-0.1, -0.05) is 30.0 Å². The fraction of sp³-hybridized carbons (Fsp3) is 0.308. The van der Waals surface area contributed by atoms with Gasteiger partial charge in [-0.25, -0.2) is 0 Å². The minimum atomic E-state index is -3.61. The number of aryl methyl sites for hydroxylation is 2. The molecule has 19 heavy (non-hydrogen) atoms. The van der Waals surface area contributed by atoms with Crippen molar-refractivity contribution in [1.29, 1.82) is 0 Å². The summed E-state index contributed by atoms with van der Waals surface area (Å²) in [6.07, 6.45) is 0. The lowest BCUT2D eigenvalue weighted by molar-refractivity contribution is 0.597. The second-order valence-corrected chi connectivity index (χ2v) is 7.21. The summed E-state index contributed by atoms with van der Waals surface area (Å²) in [4.78, 5) is 0.276. The quantitative estimate of drug-likeness (QED) is 0.852. The first-order chi connectivity index (χ1) is 8.79. The molecule has 0 amide bonds. The molecule has 1 aliphatic rings. The van der Waals surface area contributed by atoms with Crippen LogP contribution < -0.4 is 5.32 Å². The number of nitrogens with one attached hydrogen (secondary N) is 1. The van der Waals surface area contributed by atoms with Crippen LogP contribution in [0.5, 0.6) is 0 Å². The Morgan fingerprint density at radius 2 is 2.11 bits per heavy atom. The van der Waals surface area contributed by atoms with E-state index in [1.54, 1.807) is 6.92 Å². The average Bonchev–Trinajstić information content (AvgIpc) is 2.23. The number of amidine groups is 1. The molecule has 1 heterocycles. The Balaban J connectivity index is 2.44. The highest BCUT2D eigenvalue weighted by Gasteiger charge is 2.27. The molecule has 102 valence electrons. The van der Waals surface area contributed by atoms with Gasteiger partial charge in [0, 0.05) is 5.75 Å². The van der Waals surface area contributed by atoms with Crippen molar-refractivity contribution in [2.75, 3.05) is 11.1 Å². The molecule has 0 radical (unpaired) electrons. The number of anilines is 1. The highest BCUT2D eigenvalue weighted by Crippen LogP contribution is 2.33. The van der Waals surface area contributed by atoms with Gasteiger partial charge in [0.25, 0.3) is 10.0 Å². The topological polar surface area (TPSA) is 58.5 Å². The van der Waals surface area contributed by atoms with Crippen LogP contribution >= 0.6 is 11.8 Å². The molecule has 4 nitrogen and oxygen atoms in total. The first-order valence-electron chi connectivity index (χ1n) is 5.80. The summed E-state index contributed by atoms with van der Waals surface area (Å²) in [5.74, 6) is 0.640. The fourth-order valence-electron chi connectivity index (χ4n) is 1.94. The van der Waals surface area contributed by atoms with Crippen LogP contribution in [0.3, 0.4) is 0 Å². The smallest absolute Gasteiger partial charge is 0.287 e. The fourth-order valence-corrected chi connectivity index (χ4v) is 4.22. The standard InChI is InChI=1S/C13H16N2O2S2/c1-8(2)7-18-13-14-11-6-9(3)5-10(4)12(11)19(16,17)15-13/h5-6H,1,7H2,2-4H3,(H,14,15). The summed E-state index contributed by atoms with van der Waals surface area (Å²) in [6, 6.07) is 3.68. The van der Waals surface area contributed by atoms with Crippen molar-refractivity contribution in [2.24, 2.45) is 4.40 Å². The second kappa shape index (κ2) is 5.02. The Morgan fingerprint density at radius 1 is 1.42 bits per heavy atom. The number of hydrogen-bond acceptors (Lipinski definition) is 4. The van der Waals surface area contributed by atoms with Crippen molar-refractivity contribution >= 4 is 32.6 Å². The molecule has 1 aliphatic heterocycles. The SMILES string of the molecule is C=C(C)CSC1=NS(=O)(=O)c2c(C)cc(C)cc2N1. The molecule has 1 aromatic carbocycles. The highest BCUT2D eigenvalue weighted by atomic mass is 32.2. The summed E-state index contributed by atoms with van der Waals surface area (Å²) in [7, 11) is -3.61. The summed E-state index contributed by atoms with van der Waals surface area (Å²) in [5, 5.41) is 3.49. The predicted octanol–water partition coefficient (Wildman–Crippen LogP) is 3.08. The number of sulfonamides is 1. The molecule has 2 rings (SSSR count). The third-order valence-corrected chi connectivity index (χ3v) is 5.28. The van der Waals surface area contributed by atoms with Gasteiger partial charge in [0.05, 0.1) is 5.69 Å². The van der Waals surface area contributed by atoms with Gasteiger partial charge in [0.2, 0.25) is 0 Å². The van der Waals surface area contributed by atoms with E-state index in [1.807, 2.05) is 26.0 Å². The molecular formula is C13H16N2O2S2. The third kappa shape index (κ3) is 3.01. The Hall–Kier alpha value is -1.27. The van der Waals surface area contributed by atoms with E-state index in [9.17, 15) is 8.42 Å². The van der Waals surface area contributed by atoms with E-state index in [2.05, 4.69) is 16.3 Å². The Kier molecular flexibility index (Phi) is 3.73. The lowest BCUT2D eigenvalue weighted by Gasteiger charge is -2.20. The van der Waals surface area contributed by atoms with Crippen molar-refractivity contribution in [3.63, 3.8) is 0 Å². The van der Waals surface area contributed by atoms with Gasteiger partial charge in [0.1, 0.15) is 4.90 Å². The van der Waals surface area contributed by atoms with E-state index in [0.717, 1.165) is 16.7 Å². The van der Waals surface area contributed by atoms with Crippen molar-refractivity contribution in [2.45, 2.75) is 25.7 Å². The molecule has 1 N–H and O–H groups in total. The Bertz CT molecular complexity index is 676. The maximum Gasteiger partial charge on any atom is 0.287 e. The number of benzene rings is 1. The van der Waals surface area contributed by atoms with Crippen molar-refractivity contribution in [3.05, 3.63) is 35.4 Å². The molecule has 6 heteroatoms. The van der Waals surface area contributed by atoms with Crippen LogP contribution in [-0.2, 0) is 10.0 Å². The van der Waals surface area contributed by atoms with Crippen molar-refractivity contribution in [3.8, 4) is 0 Å². The van der Waals surface area contributed by atoms with Gasteiger partial charge < -0.3 is 5.32 Å². The summed E-state index contributed by atoms with van der Waals surface area (Å²) >= 11 is 1.34. The zero-order chi connectivity index (χ0) is 14.2. The molecule has 0 unspecified atom stereocenters. The minimum Gasteiger partial charge on any atom is -0.333 e. The van der Waals surface area contributed by atoms with Crippen LogP contribution in [0.2, 0.25) is 0 Å². The van der Waals surface area contributed by atoms with Crippen LogP contribution in [0.15, 0.2) is 33.6 Å². The first-order valence-corrected chi connectivity index (χ1v) is 8.22. The largest absolute Gasteiger partial charge is 0.333 e.